The highest BCUT2D eigenvalue weighted by Crippen LogP contribution is 2.35. The van der Waals surface area contributed by atoms with Crippen LogP contribution < -0.4 is 15.1 Å². The Morgan fingerprint density at radius 1 is 1.18 bits per heavy atom. The lowest BCUT2D eigenvalue weighted by atomic mass is 9.99. The zero-order valence-corrected chi connectivity index (χ0v) is 24.6. The van der Waals surface area contributed by atoms with Gasteiger partial charge in [0.2, 0.25) is 18.3 Å². The first-order valence-corrected chi connectivity index (χ1v) is 14.2. The third-order valence-corrected chi connectivity index (χ3v) is 7.37. The van der Waals surface area contributed by atoms with Crippen LogP contribution in [0, 0.1) is 23.0 Å². The summed E-state index contributed by atoms with van der Waals surface area (Å²) in [7, 11) is 0. The number of ether oxygens (including phenoxy) is 1. The van der Waals surface area contributed by atoms with Gasteiger partial charge in [-0.3, -0.25) is 14.5 Å². The highest BCUT2D eigenvalue weighted by atomic mass is 35.5. The molecule has 15 heteroatoms. The van der Waals surface area contributed by atoms with E-state index in [9.17, 15) is 37.2 Å². The summed E-state index contributed by atoms with van der Waals surface area (Å²) >= 11 is 6.50. The maximum atomic E-state index is 14.7. The SMILES string of the molecule is CCC(CCC(F)F)NC(=O)C(c1ccccc1Cl)N(C(=O)C1CCOC(=O)N1c1nccc(C#N)n1)c1cc(F)cc(F)c1. The summed E-state index contributed by atoms with van der Waals surface area (Å²) in [6.07, 6.45) is -2.98. The zero-order valence-electron chi connectivity index (χ0n) is 23.8. The van der Waals surface area contributed by atoms with Crippen LogP contribution in [0.25, 0.3) is 0 Å². The first-order valence-electron chi connectivity index (χ1n) is 13.8. The minimum absolute atomic E-state index is 0.0120. The molecule has 236 valence electrons. The van der Waals surface area contributed by atoms with Crippen molar-refractivity contribution in [2.24, 2.45) is 0 Å². The smallest absolute Gasteiger partial charge is 0.417 e. The van der Waals surface area contributed by atoms with Gasteiger partial charge in [0.25, 0.3) is 5.91 Å². The lowest BCUT2D eigenvalue weighted by molar-refractivity contribution is -0.128. The molecule has 4 rings (SSSR count). The van der Waals surface area contributed by atoms with Gasteiger partial charge in [0.1, 0.15) is 35.5 Å². The Hall–Kier alpha value is -4.77. The van der Waals surface area contributed by atoms with E-state index in [1.165, 1.54) is 30.5 Å². The average Bonchev–Trinajstić information content (AvgIpc) is 3.01. The fourth-order valence-electron chi connectivity index (χ4n) is 4.89. The molecule has 3 atom stereocenters. The van der Waals surface area contributed by atoms with Crippen LogP contribution in [0.2, 0.25) is 5.02 Å². The number of amides is 3. The number of anilines is 2. The van der Waals surface area contributed by atoms with E-state index in [1.807, 2.05) is 0 Å². The van der Waals surface area contributed by atoms with E-state index >= 15 is 0 Å². The molecule has 45 heavy (non-hydrogen) atoms. The first kappa shape index (κ1) is 33.1. The van der Waals surface area contributed by atoms with Crippen molar-refractivity contribution in [1.29, 1.82) is 5.26 Å². The number of cyclic esters (lactones) is 1. The second-order valence-corrected chi connectivity index (χ2v) is 10.4. The molecule has 1 aliphatic rings. The predicted molar refractivity (Wildman–Crippen MR) is 154 cm³/mol. The van der Waals surface area contributed by atoms with Gasteiger partial charge in [-0.25, -0.2) is 37.2 Å². The molecule has 3 amide bonds. The Morgan fingerprint density at radius 2 is 1.89 bits per heavy atom. The Morgan fingerprint density at radius 3 is 2.53 bits per heavy atom. The summed E-state index contributed by atoms with van der Waals surface area (Å²) in [5.41, 5.74) is -0.480. The second kappa shape index (κ2) is 14.8. The standard InChI is InChI=1S/C30H27ClF4N6O4/c1-2-19(7-8-25(34)35)38-27(42)26(22-5-3-4-6-23(22)31)40(21-14-17(32)13-18(33)15-21)28(43)24-10-12-45-30(44)41(24)29-37-11-9-20(16-36)39-29/h3-6,9,11,13-15,19,24-26H,2,7-8,10,12H2,1H3,(H,38,42). The van der Waals surface area contributed by atoms with Gasteiger partial charge in [0.15, 0.2) is 0 Å². The van der Waals surface area contributed by atoms with Crippen LogP contribution >= 0.6 is 11.6 Å². The fourth-order valence-corrected chi connectivity index (χ4v) is 5.13. The molecule has 0 aliphatic carbocycles. The quantitative estimate of drug-likeness (QED) is 0.264. The number of halogens is 5. The molecule has 0 bridgehead atoms. The number of benzene rings is 2. The predicted octanol–water partition coefficient (Wildman–Crippen LogP) is 5.71. The number of aromatic nitrogens is 2. The lowest BCUT2D eigenvalue weighted by Crippen LogP contribution is -2.57. The fraction of sp³-hybridized carbons (Fsp3) is 0.333. The zero-order chi connectivity index (χ0) is 32.7. The Bertz CT molecular complexity index is 1590. The van der Waals surface area contributed by atoms with Crippen LogP contribution in [0.4, 0.5) is 34.0 Å². The largest absolute Gasteiger partial charge is 0.449 e. The van der Waals surface area contributed by atoms with Gasteiger partial charge in [-0.1, -0.05) is 36.7 Å². The number of nitriles is 1. The number of carbonyl (C=O) groups excluding carboxylic acids is 3. The normalized spacial score (nSPS) is 16.0. The van der Waals surface area contributed by atoms with Crippen LogP contribution in [0.1, 0.15) is 49.9 Å². The highest BCUT2D eigenvalue weighted by Gasteiger charge is 2.44. The molecule has 1 saturated heterocycles. The summed E-state index contributed by atoms with van der Waals surface area (Å²) < 4.78 is 60.5. The molecule has 2 heterocycles. The number of rotatable bonds is 11. The Balaban J connectivity index is 1.89. The van der Waals surface area contributed by atoms with Crippen molar-refractivity contribution >= 4 is 41.1 Å². The molecule has 10 nitrogen and oxygen atoms in total. The molecule has 0 spiro atoms. The van der Waals surface area contributed by atoms with Crippen molar-refractivity contribution in [3.8, 4) is 6.07 Å². The van der Waals surface area contributed by atoms with Gasteiger partial charge in [-0.2, -0.15) is 5.26 Å². The number of hydrogen-bond donors (Lipinski definition) is 1. The van der Waals surface area contributed by atoms with E-state index in [-0.39, 0.29) is 48.1 Å². The van der Waals surface area contributed by atoms with Gasteiger partial charge in [0, 0.05) is 41.7 Å². The van der Waals surface area contributed by atoms with Crippen LogP contribution in [0.5, 0.6) is 0 Å². The van der Waals surface area contributed by atoms with E-state index < -0.39 is 66.2 Å². The van der Waals surface area contributed by atoms with Crippen LogP contribution in [-0.4, -0.2) is 53.0 Å². The van der Waals surface area contributed by atoms with Crippen LogP contribution in [0.3, 0.4) is 0 Å². The number of hydrogen-bond acceptors (Lipinski definition) is 7. The second-order valence-electron chi connectivity index (χ2n) is 9.98. The third kappa shape index (κ3) is 7.85. The molecule has 1 N–H and O–H groups in total. The topological polar surface area (TPSA) is 129 Å². The van der Waals surface area contributed by atoms with Gasteiger partial charge in [-0.05, 0) is 37.1 Å². The maximum absolute atomic E-state index is 14.7. The number of nitrogens with one attached hydrogen (secondary N) is 1. The third-order valence-electron chi connectivity index (χ3n) is 7.02. The van der Waals surface area contributed by atoms with E-state index in [0.717, 1.165) is 21.9 Å². The van der Waals surface area contributed by atoms with Crippen molar-refractivity contribution in [3.63, 3.8) is 0 Å². The van der Waals surface area contributed by atoms with Crippen molar-refractivity contribution in [2.75, 3.05) is 16.4 Å². The minimum atomic E-state index is -2.62. The summed E-state index contributed by atoms with van der Waals surface area (Å²) in [6, 6.07) is 7.31. The van der Waals surface area contributed by atoms with E-state index in [2.05, 4.69) is 15.3 Å². The van der Waals surface area contributed by atoms with Gasteiger partial charge in [-0.15, -0.1) is 0 Å². The number of nitrogens with zero attached hydrogens (tertiary/aromatic N) is 5. The monoisotopic (exact) mass is 646 g/mol. The highest BCUT2D eigenvalue weighted by molar-refractivity contribution is 6.31. The van der Waals surface area contributed by atoms with Gasteiger partial charge in [0.05, 0.1) is 12.3 Å². The number of alkyl halides is 2. The molecule has 0 saturated carbocycles. The molecule has 1 fully saturated rings. The summed E-state index contributed by atoms with van der Waals surface area (Å²) in [6.45, 7) is 1.43. The van der Waals surface area contributed by atoms with Crippen molar-refractivity contribution in [1.82, 2.24) is 15.3 Å². The molecule has 3 unspecified atom stereocenters. The van der Waals surface area contributed by atoms with Crippen LogP contribution in [0.15, 0.2) is 54.7 Å². The Kier molecular flexibility index (Phi) is 10.9. The lowest BCUT2D eigenvalue weighted by Gasteiger charge is -2.39. The first-order chi connectivity index (χ1) is 21.5. The van der Waals surface area contributed by atoms with Crippen molar-refractivity contribution in [3.05, 3.63) is 82.6 Å². The molecule has 1 aliphatic heterocycles. The maximum Gasteiger partial charge on any atom is 0.417 e. The molecule has 1 aromatic heterocycles. The summed E-state index contributed by atoms with van der Waals surface area (Å²) in [5.74, 6) is -4.39. The molecule has 0 radical (unpaired) electrons. The van der Waals surface area contributed by atoms with Crippen molar-refractivity contribution < 1.29 is 36.7 Å². The summed E-state index contributed by atoms with van der Waals surface area (Å²) in [5, 5.41) is 12.0. The molecule has 2 aromatic carbocycles. The molecular weight excluding hydrogens is 620 g/mol. The average molecular weight is 647 g/mol. The van der Waals surface area contributed by atoms with Gasteiger partial charge < -0.3 is 10.1 Å². The Labute approximate surface area is 260 Å². The number of carbonyl (C=O) groups is 3. The van der Waals surface area contributed by atoms with Crippen LogP contribution in [-0.2, 0) is 14.3 Å². The van der Waals surface area contributed by atoms with Gasteiger partial charge >= 0.3 is 6.09 Å². The summed E-state index contributed by atoms with van der Waals surface area (Å²) in [4.78, 5) is 51.3. The minimum Gasteiger partial charge on any atom is -0.449 e. The van der Waals surface area contributed by atoms with Crippen molar-refractivity contribution in [2.45, 2.75) is 57.2 Å². The molecular formula is C30H27ClF4N6O4. The molecule has 3 aromatic rings. The van der Waals surface area contributed by atoms with E-state index in [1.54, 1.807) is 19.1 Å². The van der Waals surface area contributed by atoms with E-state index in [0.29, 0.717) is 6.07 Å². The van der Waals surface area contributed by atoms with E-state index in [4.69, 9.17) is 16.3 Å².